The number of hydrogen-bond donors (Lipinski definition) is 1. The summed E-state index contributed by atoms with van der Waals surface area (Å²) in [4.78, 5) is 14.8. The average Bonchev–Trinajstić information content (AvgIpc) is 2.70. The van der Waals surface area contributed by atoms with E-state index in [0.717, 1.165) is 22.9 Å². The van der Waals surface area contributed by atoms with Crippen molar-refractivity contribution in [1.82, 2.24) is 4.98 Å². The second kappa shape index (κ2) is 4.79. The van der Waals surface area contributed by atoms with Crippen LogP contribution in [0.4, 0.5) is 0 Å². The van der Waals surface area contributed by atoms with Gasteiger partial charge < -0.3 is 4.98 Å². The summed E-state index contributed by atoms with van der Waals surface area (Å²) in [6, 6.07) is 8.05. The number of carbonyl (C=O) groups is 1. The Kier molecular flexibility index (Phi) is 3.20. The van der Waals surface area contributed by atoms with Crippen LogP contribution in [0.3, 0.4) is 0 Å². The fraction of sp³-hybridized carbons (Fsp3) is 0.214. The molecule has 2 rings (SSSR count). The zero-order valence-electron chi connectivity index (χ0n) is 9.20. The van der Waals surface area contributed by atoms with Crippen LogP contribution < -0.4 is 0 Å². The molecule has 1 heterocycles. The van der Waals surface area contributed by atoms with Crippen LogP contribution in [-0.4, -0.2) is 10.8 Å². The molecule has 0 saturated carbocycles. The van der Waals surface area contributed by atoms with Gasteiger partial charge in [0, 0.05) is 29.9 Å². The van der Waals surface area contributed by atoms with Gasteiger partial charge in [-0.1, -0.05) is 24.3 Å². The van der Waals surface area contributed by atoms with Gasteiger partial charge in [0.1, 0.15) is 5.78 Å². The number of H-pyrrole nitrogens is 1. The zero-order valence-corrected chi connectivity index (χ0v) is 9.20. The summed E-state index contributed by atoms with van der Waals surface area (Å²) in [5, 5.41) is 1.15. The molecule has 0 spiro atoms. The molecular weight excluding hydrogens is 198 g/mol. The summed E-state index contributed by atoms with van der Waals surface area (Å²) in [7, 11) is 0. The number of aromatic nitrogens is 1. The highest BCUT2D eigenvalue weighted by Gasteiger charge is 2.07. The van der Waals surface area contributed by atoms with E-state index in [1.54, 1.807) is 6.08 Å². The number of rotatable bonds is 5. The molecule has 0 aliphatic carbocycles. The minimum absolute atomic E-state index is 0.268. The van der Waals surface area contributed by atoms with Gasteiger partial charge in [-0.05, 0) is 18.1 Å². The summed E-state index contributed by atoms with van der Waals surface area (Å²) in [5.41, 5.74) is 2.18. The second-order valence-corrected chi connectivity index (χ2v) is 3.90. The van der Waals surface area contributed by atoms with Gasteiger partial charge in [-0.25, -0.2) is 0 Å². The summed E-state index contributed by atoms with van der Waals surface area (Å²) in [6.07, 6.45) is 5.58. The van der Waals surface area contributed by atoms with Crippen LogP contribution in [0.25, 0.3) is 10.9 Å². The lowest BCUT2D eigenvalue weighted by atomic mass is 10.1. The highest BCUT2D eigenvalue weighted by molar-refractivity contribution is 5.89. The molecule has 82 valence electrons. The van der Waals surface area contributed by atoms with Crippen LogP contribution in [-0.2, 0) is 11.2 Å². The number of carbonyl (C=O) groups excluding carboxylic acids is 1. The number of aromatic amines is 1. The largest absolute Gasteiger partial charge is 0.361 e. The molecule has 0 fully saturated rings. The highest BCUT2D eigenvalue weighted by Crippen LogP contribution is 2.18. The monoisotopic (exact) mass is 213 g/mol. The van der Waals surface area contributed by atoms with Gasteiger partial charge in [0.15, 0.2) is 0 Å². The SMILES string of the molecule is C=CCCC(=O)Cc1c[nH]c2ccccc12. The molecule has 1 aromatic heterocycles. The van der Waals surface area contributed by atoms with E-state index in [1.807, 2.05) is 30.5 Å². The van der Waals surface area contributed by atoms with Gasteiger partial charge in [-0.3, -0.25) is 4.79 Å². The number of fused-ring (bicyclic) bond motifs is 1. The molecule has 2 nitrogen and oxygen atoms in total. The Morgan fingerprint density at radius 1 is 1.38 bits per heavy atom. The van der Waals surface area contributed by atoms with E-state index in [9.17, 15) is 4.79 Å². The third-order valence-corrected chi connectivity index (χ3v) is 2.69. The third kappa shape index (κ3) is 2.22. The zero-order chi connectivity index (χ0) is 11.4. The van der Waals surface area contributed by atoms with E-state index in [4.69, 9.17) is 0 Å². The van der Waals surface area contributed by atoms with Crippen molar-refractivity contribution in [3.8, 4) is 0 Å². The van der Waals surface area contributed by atoms with Crippen molar-refractivity contribution >= 4 is 16.7 Å². The first kappa shape index (κ1) is 10.7. The molecule has 2 heteroatoms. The molecular formula is C14H15NO. The summed E-state index contributed by atoms with van der Waals surface area (Å²) in [5.74, 6) is 0.268. The van der Waals surface area contributed by atoms with E-state index in [2.05, 4.69) is 11.6 Å². The number of Topliss-reactive ketones (excluding diaryl/α,β-unsaturated/α-hetero) is 1. The summed E-state index contributed by atoms with van der Waals surface area (Å²) < 4.78 is 0. The first-order chi connectivity index (χ1) is 7.81. The molecule has 0 amide bonds. The number of allylic oxidation sites excluding steroid dienone is 1. The third-order valence-electron chi connectivity index (χ3n) is 2.69. The van der Waals surface area contributed by atoms with Crippen molar-refractivity contribution in [2.45, 2.75) is 19.3 Å². The standard InChI is InChI=1S/C14H15NO/c1-2-3-6-12(16)9-11-10-15-14-8-5-4-7-13(11)14/h2,4-5,7-8,10,15H,1,3,6,9H2. The van der Waals surface area contributed by atoms with Crippen LogP contribution in [0.2, 0.25) is 0 Å². The van der Waals surface area contributed by atoms with Crippen molar-refractivity contribution in [2.24, 2.45) is 0 Å². The Morgan fingerprint density at radius 3 is 3.00 bits per heavy atom. The lowest BCUT2D eigenvalue weighted by Gasteiger charge is -1.97. The van der Waals surface area contributed by atoms with Crippen molar-refractivity contribution in [1.29, 1.82) is 0 Å². The second-order valence-electron chi connectivity index (χ2n) is 3.90. The maximum Gasteiger partial charge on any atom is 0.137 e. The van der Waals surface area contributed by atoms with E-state index < -0.39 is 0 Å². The fourth-order valence-corrected chi connectivity index (χ4v) is 1.84. The van der Waals surface area contributed by atoms with Gasteiger partial charge in [0.05, 0.1) is 0 Å². The van der Waals surface area contributed by atoms with Crippen LogP contribution in [0.5, 0.6) is 0 Å². The highest BCUT2D eigenvalue weighted by atomic mass is 16.1. The van der Waals surface area contributed by atoms with Gasteiger partial charge in [0.25, 0.3) is 0 Å². The predicted octanol–water partition coefficient (Wildman–Crippen LogP) is 3.25. The Hall–Kier alpha value is -1.83. The minimum atomic E-state index is 0.268. The first-order valence-corrected chi connectivity index (χ1v) is 5.49. The Morgan fingerprint density at radius 2 is 2.19 bits per heavy atom. The topological polar surface area (TPSA) is 32.9 Å². The molecule has 0 aliphatic rings. The minimum Gasteiger partial charge on any atom is -0.361 e. The number of nitrogens with one attached hydrogen (secondary N) is 1. The summed E-state index contributed by atoms with van der Waals surface area (Å²) >= 11 is 0. The average molecular weight is 213 g/mol. The van der Waals surface area contributed by atoms with Crippen molar-refractivity contribution < 1.29 is 4.79 Å². The Bertz CT molecular complexity index is 510. The molecule has 1 aromatic carbocycles. The van der Waals surface area contributed by atoms with Crippen molar-refractivity contribution in [2.75, 3.05) is 0 Å². The van der Waals surface area contributed by atoms with Crippen molar-refractivity contribution in [3.63, 3.8) is 0 Å². The van der Waals surface area contributed by atoms with Crippen LogP contribution in [0.15, 0.2) is 43.1 Å². The number of para-hydroxylation sites is 1. The van der Waals surface area contributed by atoms with E-state index >= 15 is 0 Å². The van der Waals surface area contributed by atoms with Gasteiger partial charge >= 0.3 is 0 Å². The molecule has 0 atom stereocenters. The lowest BCUT2D eigenvalue weighted by molar-refractivity contribution is -0.118. The van der Waals surface area contributed by atoms with Gasteiger partial charge in [-0.2, -0.15) is 0 Å². The summed E-state index contributed by atoms with van der Waals surface area (Å²) in [6.45, 7) is 3.62. The maximum absolute atomic E-state index is 11.7. The van der Waals surface area contributed by atoms with E-state index in [-0.39, 0.29) is 5.78 Å². The van der Waals surface area contributed by atoms with Crippen LogP contribution in [0.1, 0.15) is 18.4 Å². The van der Waals surface area contributed by atoms with Crippen LogP contribution >= 0.6 is 0 Å². The number of ketones is 1. The Balaban J connectivity index is 2.15. The molecule has 0 unspecified atom stereocenters. The smallest absolute Gasteiger partial charge is 0.137 e. The molecule has 0 bridgehead atoms. The van der Waals surface area contributed by atoms with Gasteiger partial charge in [0.2, 0.25) is 0 Å². The Labute approximate surface area is 95.0 Å². The molecule has 0 saturated heterocycles. The molecule has 0 radical (unpaired) electrons. The molecule has 1 N–H and O–H groups in total. The molecule has 16 heavy (non-hydrogen) atoms. The van der Waals surface area contributed by atoms with Crippen LogP contribution in [0, 0.1) is 0 Å². The number of benzene rings is 1. The van der Waals surface area contributed by atoms with Gasteiger partial charge in [-0.15, -0.1) is 6.58 Å². The van der Waals surface area contributed by atoms with E-state index in [0.29, 0.717) is 12.8 Å². The maximum atomic E-state index is 11.7. The predicted molar refractivity (Wildman–Crippen MR) is 66.4 cm³/mol. The van der Waals surface area contributed by atoms with Crippen molar-refractivity contribution in [3.05, 3.63) is 48.7 Å². The first-order valence-electron chi connectivity index (χ1n) is 5.49. The quantitative estimate of drug-likeness (QED) is 0.760. The number of hydrogen-bond acceptors (Lipinski definition) is 1. The lowest BCUT2D eigenvalue weighted by Crippen LogP contribution is -2.01. The molecule has 2 aromatic rings. The van der Waals surface area contributed by atoms with E-state index in [1.165, 1.54) is 0 Å². The molecule has 0 aliphatic heterocycles. The fourth-order valence-electron chi connectivity index (χ4n) is 1.84. The normalized spacial score (nSPS) is 10.5.